The zero-order valence-electron chi connectivity index (χ0n) is 14.6. The molecule has 0 bridgehead atoms. The van der Waals surface area contributed by atoms with Gasteiger partial charge in [-0.25, -0.2) is 0 Å². The topological polar surface area (TPSA) is 52.2 Å². The highest BCUT2D eigenvalue weighted by molar-refractivity contribution is 4.75. The SMILES string of the molecule is CC(C)(C)N1CCOCCOCCNCCOCCOCC1. The number of nitrogens with zero attached hydrogens (tertiary/aromatic N) is 1. The second-order valence-corrected chi connectivity index (χ2v) is 6.36. The summed E-state index contributed by atoms with van der Waals surface area (Å²) in [6, 6.07) is 0. The molecule has 0 aliphatic carbocycles. The Bertz CT molecular complexity index is 241. The fraction of sp³-hybridized carbons (Fsp3) is 1.00. The standard InChI is InChI=1S/C16H34N2O4/c1-16(2,3)18-6-10-21-14-12-19-8-4-17-5-9-20-13-15-22-11-7-18/h17H,4-15H2,1-3H3. The van der Waals surface area contributed by atoms with E-state index in [-0.39, 0.29) is 5.54 Å². The largest absolute Gasteiger partial charge is 0.378 e. The first-order valence-electron chi connectivity index (χ1n) is 8.37. The van der Waals surface area contributed by atoms with Crippen molar-refractivity contribution in [2.24, 2.45) is 0 Å². The second kappa shape index (κ2) is 12.2. The highest BCUT2D eigenvalue weighted by Gasteiger charge is 2.20. The van der Waals surface area contributed by atoms with Gasteiger partial charge in [-0.3, -0.25) is 4.90 Å². The molecule has 0 aromatic heterocycles. The van der Waals surface area contributed by atoms with Crippen LogP contribution in [-0.4, -0.2) is 89.5 Å². The summed E-state index contributed by atoms with van der Waals surface area (Å²) in [6.07, 6.45) is 0. The first kappa shape index (κ1) is 19.8. The Morgan fingerprint density at radius 1 is 0.636 bits per heavy atom. The van der Waals surface area contributed by atoms with Crippen LogP contribution in [0.1, 0.15) is 20.8 Å². The summed E-state index contributed by atoms with van der Waals surface area (Å²) < 4.78 is 22.3. The van der Waals surface area contributed by atoms with Crippen LogP contribution in [0.3, 0.4) is 0 Å². The lowest BCUT2D eigenvalue weighted by molar-refractivity contribution is 0.00318. The number of ether oxygens (including phenoxy) is 4. The van der Waals surface area contributed by atoms with Crippen molar-refractivity contribution >= 4 is 0 Å². The third kappa shape index (κ3) is 10.5. The smallest absolute Gasteiger partial charge is 0.0701 e. The van der Waals surface area contributed by atoms with Crippen LogP contribution < -0.4 is 5.32 Å². The minimum Gasteiger partial charge on any atom is -0.378 e. The van der Waals surface area contributed by atoms with Gasteiger partial charge in [0.1, 0.15) is 0 Å². The van der Waals surface area contributed by atoms with Crippen molar-refractivity contribution in [2.75, 3.05) is 79.0 Å². The Morgan fingerprint density at radius 3 is 1.45 bits per heavy atom. The predicted octanol–water partition coefficient (Wildman–Crippen LogP) is 0.757. The van der Waals surface area contributed by atoms with Crippen molar-refractivity contribution in [1.29, 1.82) is 0 Å². The van der Waals surface area contributed by atoms with Gasteiger partial charge in [0.2, 0.25) is 0 Å². The summed E-state index contributed by atoms with van der Waals surface area (Å²) in [7, 11) is 0. The van der Waals surface area contributed by atoms with Gasteiger partial charge in [0, 0.05) is 31.7 Å². The highest BCUT2D eigenvalue weighted by atomic mass is 16.5. The molecule has 0 aromatic carbocycles. The van der Waals surface area contributed by atoms with Gasteiger partial charge in [-0.2, -0.15) is 0 Å². The molecule has 6 heteroatoms. The van der Waals surface area contributed by atoms with Crippen LogP contribution >= 0.6 is 0 Å². The van der Waals surface area contributed by atoms with E-state index < -0.39 is 0 Å². The minimum atomic E-state index is 0.117. The Hall–Kier alpha value is -0.240. The number of rotatable bonds is 0. The molecule has 0 saturated carbocycles. The number of hydrogen-bond acceptors (Lipinski definition) is 6. The van der Waals surface area contributed by atoms with Crippen LogP contribution in [0, 0.1) is 0 Å². The summed E-state index contributed by atoms with van der Waals surface area (Å²) in [6.45, 7) is 15.6. The molecule has 0 spiro atoms. The molecule has 0 atom stereocenters. The molecule has 0 aromatic rings. The van der Waals surface area contributed by atoms with Crippen molar-refractivity contribution in [2.45, 2.75) is 26.3 Å². The molecule has 132 valence electrons. The maximum atomic E-state index is 5.66. The molecule has 1 fully saturated rings. The van der Waals surface area contributed by atoms with Crippen molar-refractivity contribution in [3.05, 3.63) is 0 Å². The van der Waals surface area contributed by atoms with Crippen LogP contribution in [0.2, 0.25) is 0 Å². The van der Waals surface area contributed by atoms with Crippen molar-refractivity contribution in [1.82, 2.24) is 10.2 Å². The average molecular weight is 318 g/mol. The van der Waals surface area contributed by atoms with Gasteiger partial charge in [0.05, 0.1) is 52.9 Å². The lowest BCUT2D eigenvalue weighted by Crippen LogP contribution is -2.45. The normalized spacial score (nSPS) is 23.6. The van der Waals surface area contributed by atoms with E-state index in [0.29, 0.717) is 39.6 Å². The Morgan fingerprint density at radius 2 is 1.05 bits per heavy atom. The van der Waals surface area contributed by atoms with E-state index in [1.807, 2.05) is 0 Å². The van der Waals surface area contributed by atoms with Gasteiger partial charge in [-0.15, -0.1) is 0 Å². The van der Waals surface area contributed by atoms with Crippen molar-refractivity contribution < 1.29 is 18.9 Å². The lowest BCUT2D eigenvalue weighted by atomic mass is 10.1. The van der Waals surface area contributed by atoms with Crippen LogP contribution in [0.4, 0.5) is 0 Å². The van der Waals surface area contributed by atoms with E-state index in [1.165, 1.54) is 0 Å². The predicted molar refractivity (Wildman–Crippen MR) is 87.5 cm³/mol. The molecule has 1 aliphatic heterocycles. The van der Waals surface area contributed by atoms with Crippen molar-refractivity contribution in [3.63, 3.8) is 0 Å². The zero-order valence-corrected chi connectivity index (χ0v) is 14.6. The molecule has 6 nitrogen and oxygen atoms in total. The van der Waals surface area contributed by atoms with Gasteiger partial charge in [0.15, 0.2) is 0 Å². The number of nitrogens with one attached hydrogen (secondary N) is 1. The molecule has 1 rings (SSSR count). The molecule has 1 heterocycles. The monoisotopic (exact) mass is 318 g/mol. The van der Waals surface area contributed by atoms with Gasteiger partial charge in [0.25, 0.3) is 0 Å². The first-order valence-corrected chi connectivity index (χ1v) is 8.37. The zero-order chi connectivity index (χ0) is 16.1. The fourth-order valence-electron chi connectivity index (χ4n) is 2.19. The minimum absolute atomic E-state index is 0.117. The molecule has 0 unspecified atom stereocenters. The molecule has 1 saturated heterocycles. The molecule has 0 amide bonds. The van der Waals surface area contributed by atoms with E-state index in [4.69, 9.17) is 18.9 Å². The summed E-state index contributed by atoms with van der Waals surface area (Å²) >= 11 is 0. The van der Waals surface area contributed by atoms with E-state index in [9.17, 15) is 0 Å². The van der Waals surface area contributed by atoms with Gasteiger partial charge < -0.3 is 24.3 Å². The van der Waals surface area contributed by atoms with E-state index >= 15 is 0 Å². The van der Waals surface area contributed by atoms with E-state index in [2.05, 4.69) is 31.0 Å². The van der Waals surface area contributed by atoms with Crippen LogP contribution in [0.5, 0.6) is 0 Å². The van der Waals surface area contributed by atoms with E-state index in [1.54, 1.807) is 0 Å². The Kier molecular flexibility index (Phi) is 11.0. The third-order valence-corrected chi connectivity index (χ3v) is 3.55. The Labute approximate surface area is 135 Å². The maximum absolute atomic E-state index is 5.66. The third-order valence-electron chi connectivity index (χ3n) is 3.55. The fourth-order valence-corrected chi connectivity index (χ4v) is 2.19. The molecule has 1 N–H and O–H groups in total. The van der Waals surface area contributed by atoms with Crippen LogP contribution in [0.15, 0.2) is 0 Å². The lowest BCUT2D eigenvalue weighted by Gasteiger charge is -2.35. The van der Waals surface area contributed by atoms with Crippen LogP contribution in [-0.2, 0) is 18.9 Å². The summed E-state index contributed by atoms with van der Waals surface area (Å²) in [5.41, 5.74) is 0.117. The molecular weight excluding hydrogens is 284 g/mol. The van der Waals surface area contributed by atoms with Gasteiger partial charge >= 0.3 is 0 Å². The summed E-state index contributed by atoms with van der Waals surface area (Å²) in [5, 5.41) is 3.27. The van der Waals surface area contributed by atoms with Crippen molar-refractivity contribution in [3.8, 4) is 0 Å². The summed E-state index contributed by atoms with van der Waals surface area (Å²) in [5.74, 6) is 0. The van der Waals surface area contributed by atoms with Gasteiger partial charge in [-0.05, 0) is 20.8 Å². The highest BCUT2D eigenvalue weighted by Crippen LogP contribution is 2.12. The second-order valence-electron chi connectivity index (χ2n) is 6.36. The molecular formula is C16H34N2O4. The van der Waals surface area contributed by atoms with E-state index in [0.717, 1.165) is 39.4 Å². The van der Waals surface area contributed by atoms with Gasteiger partial charge in [-0.1, -0.05) is 0 Å². The molecule has 0 radical (unpaired) electrons. The number of hydrogen-bond donors (Lipinski definition) is 1. The first-order chi connectivity index (χ1) is 10.6. The average Bonchev–Trinajstić information content (AvgIpc) is 2.46. The quantitative estimate of drug-likeness (QED) is 0.712. The molecule has 1 aliphatic rings. The Balaban J connectivity index is 2.30. The summed E-state index contributed by atoms with van der Waals surface area (Å²) in [4.78, 5) is 2.39. The van der Waals surface area contributed by atoms with Crippen LogP contribution in [0.25, 0.3) is 0 Å². The maximum Gasteiger partial charge on any atom is 0.0701 e. The molecule has 22 heavy (non-hydrogen) atoms.